The molecule has 1 aromatic heterocycles. The molecule has 0 radical (unpaired) electrons. The molecule has 5 heteroatoms. The number of esters is 1. The van der Waals surface area contributed by atoms with Gasteiger partial charge in [0, 0.05) is 0 Å². The van der Waals surface area contributed by atoms with Gasteiger partial charge in [-0.25, -0.2) is 9.48 Å². The number of rotatable bonds is 2. The first-order chi connectivity index (χ1) is 6.19. The summed E-state index contributed by atoms with van der Waals surface area (Å²) < 4.78 is 5.85. The van der Waals surface area contributed by atoms with E-state index < -0.39 is 5.97 Å². The molecule has 0 amide bonds. The van der Waals surface area contributed by atoms with Gasteiger partial charge >= 0.3 is 5.97 Å². The SMILES string of the molecule is COC(=O)c1cc(C)nn1CC#N. The normalized spacial score (nSPS) is 9.31. The van der Waals surface area contributed by atoms with Crippen LogP contribution in [0.25, 0.3) is 0 Å². The summed E-state index contributed by atoms with van der Waals surface area (Å²) in [6.07, 6.45) is 0. The number of hydrogen-bond donors (Lipinski definition) is 0. The highest BCUT2D eigenvalue weighted by molar-refractivity contribution is 5.87. The third kappa shape index (κ3) is 1.85. The molecule has 0 aromatic carbocycles. The Balaban J connectivity index is 3.05. The van der Waals surface area contributed by atoms with Crippen LogP contribution in [0.2, 0.25) is 0 Å². The number of carbonyl (C=O) groups excluding carboxylic acids is 1. The van der Waals surface area contributed by atoms with Gasteiger partial charge in [0.2, 0.25) is 0 Å². The van der Waals surface area contributed by atoms with Crippen LogP contribution in [-0.2, 0) is 11.3 Å². The lowest BCUT2D eigenvalue weighted by Gasteiger charge is -1.99. The number of hydrogen-bond acceptors (Lipinski definition) is 4. The average Bonchev–Trinajstić information content (AvgIpc) is 2.46. The second kappa shape index (κ2) is 3.72. The standard InChI is InChI=1S/C8H9N3O2/c1-6-5-7(8(12)13-2)11(10-6)4-3-9/h5H,4H2,1-2H3. The molecule has 1 rings (SSSR count). The number of aromatic nitrogens is 2. The van der Waals surface area contributed by atoms with E-state index in [2.05, 4.69) is 9.84 Å². The Hall–Kier alpha value is -1.83. The van der Waals surface area contributed by atoms with Crippen molar-refractivity contribution >= 4 is 5.97 Å². The predicted octanol–water partition coefficient (Wildman–Crippen LogP) is 0.502. The number of ether oxygens (including phenoxy) is 1. The quantitative estimate of drug-likeness (QED) is 0.620. The van der Waals surface area contributed by atoms with Crippen molar-refractivity contribution in [3.63, 3.8) is 0 Å². The van der Waals surface area contributed by atoms with Gasteiger partial charge < -0.3 is 4.74 Å². The van der Waals surface area contributed by atoms with E-state index in [9.17, 15) is 4.79 Å². The zero-order valence-corrected chi connectivity index (χ0v) is 7.44. The molecule has 0 aliphatic heterocycles. The van der Waals surface area contributed by atoms with Crippen LogP contribution in [0.15, 0.2) is 6.07 Å². The van der Waals surface area contributed by atoms with Crippen LogP contribution in [0.5, 0.6) is 0 Å². The molecule has 0 N–H and O–H groups in total. The van der Waals surface area contributed by atoms with E-state index in [1.54, 1.807) is 13.0 Å². The molecule has 0 fully saturated rings. The summed E-state index contributed by atoms with van der Waals surface area (Å²) in [6.45, 7) is 1.80. The van der Waals surface area contributed by atoms with E-state index in [-0.39, 0.29) is 6.54 Å². The van der Waals surface area contributed by atoms with Crippen LogP contribution < -0.4 is 0 Å². The first-order valence-electron chi connectivity index (χ1n) is 3.68. The van der Waals surface area contributed by atoms with Crippen molar-refractivity contribution < 1.29 is 9.53 Å². The Morgan fingerprint density at radius 1 is 1.85 bits per heavy atom. The lowest BCUT2D eigenvalue weighted by atomic mass is 10.4. The van der Waals surface area contributed by atoms with E-state index in [4.69, 9.17) is 5.26 Å². The van der Waals surface area contributed by atoms with Crippen molar-refractivity contribution in [2.75, 3.05) is 7.11 Å². The number of methoxy groups -OCH3 is 1. The van der Waals surface area contributed by atoms with Gasteiger partial charge in [0.1, 0.15) is 12.2 Å². The van der Waals surface area contributed by atoms with Gasteiger partial charge in [0.15, 0.2) is 0 Å². The molecule has 5 nitrogen and oxygen atoms in total. The van der Waals surface area contributed by atoms with E-state index in [1.165, 1.54) is 11.8 Å². The van der Waals surface area contributed by atoms with Crippen molar-refractivity contribution in [1.29, 1.82) is 5.26 Å². The summed E-state index contributed by atoms with van der Waals surface area (Å²) in [5.41, 5.74) is 0.997. The van der Waals surface area contributed by atoms with Gasteiger partial charge in [-0.3, -0.25) is 0 Å². The van der Waals surface area contributed by atoms with Gasteiger partial charge in [-0.1, -0.05) is 0 Å². The fourth-order valence-corrected chi connectivity index (χ4v) is 1.00. The van der Waals surface area contributed by atoms with E-state index in [0.29, 0.717) is 11.4 Å². The topological polar surface area (TPSA) is 67.9 Å². The maximum atomic E-state index is 11.1. The molecule has 1 heterocycles. The van der Waals surface area contributed by atoms with Crippen molar-refractivity contribution in [3.8, 4) is 6.07 Å². The van der Waals surface area contributed by atoms with Gasteiger partial charge in [-0.2, -0.15) is 10.4 Å². The maximum Gasteiger partial charge on any atom is 0.356 e. The van der Waals surface area contributed by atoms with E-state index >= 15 is 0 Å². The van der Waals surface area contributed by atoms with Crippen molar-refractivity contribution in [2.24, 2.45) is 0 Å². The largest absolute Gasteiger partial charge is 0.464 e. The molecule has 0 atom stereocenters. The van der Waals surface area contributed by atoms with Gasteiger partial charge in [-0.05, 0) is 13.0 Å². The summed E-state index contributed by atoms with van der Waals surface area (Å²) in [5, 5.41) is 12.4. The average molecular weight is 179 g/mol. The fraction of sp³-hybridized carbons (Fsp3) is 0.375. The van der Waals surface area contributed by atoms with Crippen LogP contribution in [0, 0.1) is 18.3 Å². The van der Waals surface area contributed by atoms with Crippen molar-refractivity contribution in [1.82, 2.24) is 9.78 Å². The Labute approximate surface area is 75.5 Å². The number of aryl methyl sites for hydroxylation is 1. The molecule has 0 bridgehead atoms. The number of carbonyl (C=O) groups is 1. The first-order valence-corrected chi connectivity index (χ1v) is 3.68. The molecule has 68 valence electrons. The minimum Gasteiger partial charge on any atom is -0.464 e. The molecule has 0 spiro atoms. The summed E-state index contributed by atoms with van der Waals surface area (Å²) in [4.78, 5) is 11.1. The smallest absolute Gasteiger partial charge is 0.356 e. The highest BCUT2D eigenvalue weighted by Crippen LogP contribution is 2.04. The Morgan fingerprint density at radius 3 is 3.08 bits per heavy atom. The van der Waals surface area contributed by atoms with E-state index in [0.717, 1.165) is 0 Å². The van der Waals surface area contributed by atoms with Crippen molar-refractivity contribution in [3.05, 3.63) is 17.5 Å². The van der Waals surface area contributed by atoms with E-state index in [1.807, 2.05) is 6.07 Å². The number of nitrogens with zero attached hydrogens (tertiary/aromatic N) is 3. The van der Waals surface area contributed by atoms with Crippen molar-refractivity contribution in [2.45, 2.75) is 13.5 Å². The van der Waals surface area contributed by atoms with Gasteiger partial charge in [-0.15, -0.1) is 0 Å². The summed E-state index contributed by atoms with van der Waals surface area (Å²) in [5.74, 6) is -0.476. The lowest BCUT2D eigenvalue weighted by Crippen LogP contribution is -2.11. The molecule has 0 saturated heterocycles. The molecule has 13 heavy (non-hydrogen) atoms. The minimum atomic E-state index is -0.476. The molecule has 0 aliphatic rings. The molecule has 0 saturated carbocycles. The minimum absolute atomic E-state index is 0.0538. The highest BCUT2D eigenvalue weighted by atomic mass is 16.5. The fourth-order valence-electron chi connectivity index (χ4n) is 1.00. The van der Waals surface area contributed by atoms with Crippen LogP contribution in [-0.4, -0.2) is 22.9 Å². The van der Waals surface area contributed by atoms with Gasteiger partial charge in [0.05, 0.1) is 18.9 Å². The zero-order valence-electron chi connectivity index (χ0n) is 7.44. The summed E-state index contributed by atoms with van der Waals surface area (Å²) >= 11 is 0. The maximum absolute atomic E-state index is 11.1. The predicted molar refractivity (Wildman–Crippen MR) is 43.9 cm³/mol. The Kier molecular flexibility index (Phi) is 2.65. The van der Waals surface area contributed by atoms with Crippen LogP contribution in [0.4, 0.5) is 0 Å². The second-order valence-corrected chi connectivity index (χ2v) is 2.48. The first kappa shape index (κ1) is 9.26. The van der Waals surface area contributed by atoms with Crippen LogP contribution >= 0.6 is 0 Å². The molecular formula is C8H9N3O2. The Bertz CT molecular complexity index is 362. The third-order valence-electron chi connectivity index (χ3n) is 1.52. The van der Waals surface area contributed by atoms with Gasteiger partial charge in [0.25, 0.3) is 0 Å². The van der Waals surface area contributed by atoms with Crippen LogP contribution in [0.3, 0.4) is 0 Å². The van der Waals surface area contributed by atoms with Crippen LogP contribution in [0.1, 0.15) is 16.2 Å². The monoisotopic (exact) mass is 179 g/mol. The Morgan fingerprint density at radius 2 is 2.54 bits per heavy atom. The second-order valence-electron chi connectivity index (χ2n) is 2.48. The molecule has 0 aliphatic carbocycles. The third-order valence-corrected chi connectivity index (χ3v) is 1.52. The number of nitriles is 1. The summed E-state index contributed by atoms with van der Waals surface area (Å²) in [6, 6.07) is 3.50. The lowest BCUT2D eigenvalue weighted by molar-refractivity contribution is 0.0587. The highest BCUT2D eigenvalue weighted by Gasteiger charge is 2.13. The molecule has 0 unspecified atom stereocenters. The molecule has 1 aromatic rings. The zero-order chi connectivity index (χ0) is 9.84. The molecular weight excluding hydrogens is 170 g/mol. The summed E-state index contributed by atoms with van der Waals surface area (Å²) in [7, 11) is 1.29.